The van der Waals surface area contributed by atoms with Crippen molar-refractivity contribution in [2.75, 3.05) is 0 Å². The van der Waals surface area contributed by atoms with Gasteiger partial charge in [-0.2, -0.15) is 0 Å². The zero-order valence-corrected chi connectivity index (χ0v) is 51.6. The topological polar surface area (TPSA) is 0 Å². The van der Waals surface area contributed by atoms with Crippen LogP contribution in [0, 0.1) is 0 Å². The zero-order valence-electron chi connectivity index (χ0n) is 47.7. The summed E-state index contributed by atoms with van der Waals surface area (Å²) in [7, 11) is 0. The molecule has 82 heavy (non-hydrogen) atoms. The fraction of sp³-hybridized carbons (Fsp3) is 0.150. The molecule has 0 fully saturated rings. The monoisotopic (exact) mass is 1150 g/mol. The van der Waals surface area contributed by atoms with E-state index in [2.05, 4.69) is 297 Å². The van der Waals surface area contributed by atoms with Crippen LogP contribution in [0.5, 0.6) is 0 Å². The van der Waals surface area contributed by atoms with Crippen molar-refractivity contribution in [2.24, 2.45) is 0 Å². The fourth-order valence-corrected chi connectivity index (χ4v) is 35.1. The van der Waals surface area contributed by atoms with E-state index in [1.165, 1.54) is 110 Å². The summed E-state index contributed by atoms with van der Waals surface area (Å²) in [6.45, 7) is 7.38. The third-order valence-electron chi connectivity index (χ3n) is 19.3. The summed E-state index contributed by atoms with van der Waals surface area (Å²) in [5, 5.41) is 10.3. The van der Waals surface area contributed by atoms with E-state index in [-0.39, 0.29) is 7.25 Å². The molecule has 0 amide bonds. The number of benzene rings is 12. The summed E-state index contributed by atoms with van der Waals surface area (Å²) in [6.07, 6.45) is 9.66. The van der Waals surface area contributed by atoms with E-state index < -0.39 is 17.4 Å². The number of rotatable bonds is 14. The quantitative estimate of drug-likeness (QED) is 0.0952. The Morgan fingerprint density at radius 2 is 0.598 bits per heavy atom. The standard InChI is InChI=1S/2C39H31.2CH3.H2Si.Zr/c2*1-2-28(29-12-4-3-5-13-29)24-27-25-38-36(34-20-10-16-30-14-6-8-18-32(30)34)22-23-37(39(38)26-27)35-21-11-17-31-15-7-9-19-33(31)35;;;;/h2*3-23,25-26,28H,2,24H2,1H3;2*1H3;1H2;. The molecule has 2 aliphatic rings. The van der Waals surface area contributed by atoms with Crippen LogP contribution in [0.4, 0.5) is 0 Å². The molecule has 4 unspecified atom stereocenters. The van der Waals surface area contributed by atoms with Crippen LogP contribution in [0.3, 0.4) is 0 Å². The molecule has 2 heteroatoms. The van der Waals surface area contributed by atoms with Gasteiger partial charge in [-0.15, -0.1) is 0 Å². The molecule has 12 aromatic rings. The Morgan fingerprint density at radius 1 is 0.317 bits per heavy atom. The first-order valence-electron chi connectivity index (χ1n) is 30.0. The van der Waals surface area contributed by atoms with E-state index in [1.54, 1.807) is 22.3 Å². The summed E-state index contributed by atoms with van der Waals surface area (Å²) < 4.78 is 6.24. The minimum absolute atomic E-state index is 0.203. The van der Waals surface area contributed by atoms with Gasteiger partial charge >= 0.3 is 491 Å². The van der Waals surface area contributed by atoms with Gasteiger partial charge in [0.2, 0.25) is 0 Å². The Bertz CT molecular complexity index is 4280. The van der Waals surface area contributed by atoms with Gasteiger partial charge in [0.05, 0.1) is 0 Å². The molecule has 0 radical (unpaired) electrons. The van der Waals surface area contributed by atoms with E-state index in [0.717, 1.165) is 25.7 Å². The summed E-state index contributed by atoms with van der Waals surface area (Å²) in [6, 6.07) is 97.2. The van der Waals surface area contributed by atoms with Crippen molar-refractivity contribution in [1.82, 2.24) is 0 Å². The van der Waals surface area contributed by atoms with Crippen molar-refractivity contribution in [2.45, 2.75) is 67.9 Å². The molecule has 0 saturated carbocycles. The SMILES string of the molecule is CCC(CC1=Cc2c(-c3cccc4ccccc34)ccc(-c3cccc4ccccc34)c2[CH]1[Zr]([CH3])([CH3])(=[SiH2])[CH]1C(CC(CC)c2ccccc2)=Cc2c(-c3cccc4ccccc34)ccc(-c3cccc4ccccc34)c21)c1ccccc1. The Kier molecular flexibility index (Phi) is 13.5. The maximum atomic E-state index is 2.92. The Balaban J connectivity index is 1.10. The third-order valence-corrected chi connectivity index (χ3v) is 36.7. The molecule has 0 bridgehead atoms. The number of hydrogen-bond donors (Lipinski definition) is 0. The predicted octanol–water partition coefficient (Wildman–Crippen LogP) is 22.0. The van der Waals surface area contributed by atoms with Crippen molar-refractivity contribution in [3.63, 3.8) is 0 Å². The summed E-state index contributed by atoms with van der Waals surface area (Å²) in [5.41, 5.74) is 22.7. The zero-order chi connectivity index (χ0) is 55.6. The van der Waals surface area contributed by atoms with Crippen molar-refractivity contribution in [3.8, 4) is 44.5 Å². The van der Waals surface area contributed by atoms with E-state index in [1.807, 2.05) is 0 Å². The molecule has 4 atom stereocenters. The first-order chi connectivity index (χ1) is 40.2. The second-order valence-corrected chi connectivity index (χ2v) is 55.2. The van der Waals surface area contributed by atoms with Crippen LogP contribution in [0.25, 0.3) is 99.7 Å². The molecule has 14 rings (SSSR count). The third kappa shape index (κ3) is 8.97. The van der Waals surface area contributed by atoms with E-state index >= 15 is 0 Å². The molecule has 0 saturated heterocycles. The van der Waals surface area contributed by atoms with Crippen molar-refractivity contribution in [3.05, 3.63) is 299 Å². The summed E-state index contributed by atoms with van der Waals surface area (Å²) in [4.78, 5) is 0. The van der Waals surface area contributed by atoms with Crippen LogP contribution < -0.4 is 0 Å². The second-order valence-electron chi connectivity index (χ2n) is 24.8. The van der Waals surface area contributed by atoms with Gasteiger partial charge in [0, 0.05) is 0 Å². The molecular formula is C80H70SiZr. The first-order valence-corrected chi connectivity index (χ1v) is 43.7. The van der Waals surface area contributed by atoms with E-state index in [9.17, 15) is 0 Å². The van der Waals surface area contributed by atoms with Crippen LogP contribution in [-0.4, -0.2) is 6.88 Å². The summed E-state index contributed by atoms with van der Waals surface area (Å²) in [5.74, 6) is 0.718. The Labute approximate surface area is 487 Å². The van der Waals surface area contributed by atoms with Crippen LogP contribution in [0.15, 0.2) is 266 Å². The summed E-state index contributed by atoms with van der Waals surface area (Å²) >= 11 is -4.75. The predicted molar refractivity (Wildman–Crippen MR) is 355 cm³/mol. The molecule has 0 N–H and O–H groups in total. The second kappa shape index (κ2) is 21.2. The van der Waals surface area contributed by atoms with E-state index in [4.69, 9.17) is 0 Å². The normalized spacial score (nSPS) is 15.8. The van der Waals surface area contributed by atoms with Gasteiger partial charge in [0.15, 0.2) is 0 Å². The van der Waals surface area contributed by atoms with Gasteiger partial charge in [-0.25, -0.2) is 0 Å². The number of allylic oxidation sites excluding steroid dienone is 2. The van der Waals surface area contributed by atoms with Gasteiger partial charge in [-0.05, 0) is 0 Å². The molecule has 2 aliphatic carbocycles. The van der Waals surface area contributed by atoms with Crippen LogP contribution >= 0.6 is 0 Å². The molecule has 0 nitrogen and oxygen atoms in total. The first kappa shape index (κ1) is 52.3. The molecule has 0 aromatic heterocycles. The molecule has 12 aromatic carbocycles. The van der Waals surface area contributed by atoms with Crippen LogP contribution in [-0.2, 0) is 17.4 Å². The molecule has 398 valence electrons. The van der Waals surface area contributed by atoms with Gasteiger partial charge in [0.25, 0.3) is 0 Å². The number of fused-ring (bicyclic) bond motifs is 6. The maximum absolute atomic E-state index is 4.75. The average molecular weight is 1150 g/mol. The van der Waals surface area contributed by atoms with Gasteiger partial charge in [-0.3, -0.25) is 0 Å². The molecule has 0 aliphatic heterocycles. The van der Waals surface area contributed by atoms with Gasteiger partial charge in [0.1, 0.15) is 0 Å². The number of hydrogen-bond acceptors (Lipinski definition) is 0. The molecule has 0 heterocycles. The van der Waals surface area contributed by atoms with Crippen molar-refractivity contribution >= 4 is 62.1 Å². The van der Waals surface area contributed by atoms with Gasteiger partial charge < -0.3 is 0 Å². The van der Waals surface area contributed by atoms with Crippen molar-refractivity contribution < 1.29 is 17.4 Å². The van der Waals surface area contributed by atoms with Crippen LogP contribution in [0.1, 0.15) is 92.0 Å². The molecule has 0 spiro atoms. The van der Waals surface area contributed by atoms with Crippen molar-refractivity contribution in [1.29, 1.82) is 0 Å². The van der Waals surface area contributed by atoms with Gasteiger partial charge in [-0.1, -0.05) is 0 Å². The average Bonchev–Trinajstić information content (AvgIpc) is 3.86. The van der Waals surface area contributed by atoms with E-state index in [0.29, 0.717) is 11.8 Å². The minimum atomic E-state index is -4.75. The Morgan fingerprint density at radius 3 is 0.927 bits per heavy atom. The van der Waals surface area contributed by atoms with Crippen LogP contribution in [0.2, 0.25) is 9.26 Å². The Hall–Kier alpha value is -7.74. The fourth-order valence-electron chi connectivity index (χ4n) is 15.6. The molecular weight excluding hydrogens is 1080 g/mol.